The third-order valence-corrected chi connectivity index (χ3v) is 5.99. The number of hydrogen-bond acceptors (Lipinski definition) is 8. The molecule has 1 aliphatic heterocycles. The second kappa shape index (κ2) is 8.51. The Morgan fingerprint density at radius 3 is 2.73 bits per heavy atom. The number of para-hydroxylation sites is 1. The lowest BCUT2D eigenvalue weighted by Crippen LogP contribution is -2.23. The molecule has 5 rings (SSSR count). The minimum atomic E-state index is -0.353. The maximum absolute atomic E-state index is 12.9. The Kier molecular flexibility index (Phi) is 5.38. The monoisotopic (exact) mass is 465 g/mol. The standard InChI is InChI=1S/C22H19N5O5S/c1-13-19(21(29)27(26(13)2)15-6-4-3-5-7-15)23-18(28)11-33-22-25-24-20(32-22)14-8-9-16-17(10-14)31-12-30-16/h3-10H,11-12H2,1-2H3,(H,23,28). The minimum absolute atomic E-state index is 0.00187. The summed E-state index contributed by atoms with van der Waals surface area (Å²) >= 11 is 1.08. The van der Waals surface area contributed by atoms with E-state index in [0.717, 1.165) is 11.8 Å². The summed E-state index contributed by atoms with van der Waals surface area (Å²) in [4.78, 5) is 25.5. The average molecular weight is 465 g/mol. The lowest BCUT2D eigenvalue weighted by molar-refractivity contribution is -0.113. The molecule has 2 aromatic heterocycles. The maximum Gasteiger partial charge on any atom is 0.295 e. The first-order chi connectivity index (χ1) is 16.0. The Hall–Kier alpha value is -3.99. The highest BCUT2D eigenvalue weighted by Crippen LogP contribution is 2.36. The molecule has 10 nitrogen and oxygen atoms in total. The van der Waals surface area contributed by atoms with Crippen molar-refractivity contribution in [3.8, 4) is 28.6 Å². The summed E-state index contributed by atoms with van der Waals surface area (Å²) in [6.07, 6.45) is 0. The molecule has 4 aromatic rings. The van der Waals surface area contributed by atoms with Gasteiger partial charge in [-0.05, 0) is 37.3 Å². The van der Waals surface area contributed by atoms with Crippen molar-refractivity contribution in [3.63, 3.8) is 0 Å². The largest absolute Gasteiger partial charge is 0.454 e. The number of hydrogen-bond donors (Lipinski definition) is 1. The summed E-state index contributed by atoms with van der Waals surface area (Å²) in [5, 5.41) is 11.0. The average Bonchev–Trinajstić information content (AvgIpc) is 3.54. The first kappa shape index (κ1) is 20.9. The number of rotatable bonds is 6. The van der Waals surface area contributed by atoms with Crippen molar-refractivity contribution in [2.75, 3.05) is 17.9 Å². The van der Waals surface area contributed by atoms with Gasteiger partial charge in [0.15, 0.2) is 11.5 Å². The molecule has 1 aliphatic rings. The van der Waals surface area contributed by atoms with Crippen LogP contribution in [0.4, 0.5) is 5.69 Å². The van der Waals surface area contributed by atoms with E-state index in [1.54, 1.807) is 36.9 Å². The molecule has 2 aromatic carbocycles. The van der Waals surface area contributed by atoms with E-state index >= 15 is 0 Å². The molecule has 11 heteroatoms. The lowest BCUT2D eigenvalue weighted by atomic mass is 10.2. The van der Waals surface area contributed by atoms with Gasteiger partial charge < -0.3 is 19.2 Å². The highest BCUT2D eigenvalue weighted by atomic mass is 32.2. The number of nitrogens with zero attached hydrogens (tertiary/aromatic N) is 4. The summed E-state index contributed by atoms with van der Waals surface area (Å²) in [6, 6.07) is 14.5. The SMILES string of the molecule is Cc1c(NC(=O)CSc2nnc(-c3ccc4c(c3)OCO4)o2)c(=O)n(-c2ccccc2)n1C. The number of fused-ring (bicyclic) bond motifs is 1. The Labute approximate surface area is 192 Å². The zero-order valence-corrected chi connectivity index (χ0v) is 18.6. The highest BCUT2D eigenvalue weighted by molar-refractivity contribution is 7.99. The quantitative estimate of drug-likeness (QED) is 0.433. The van der Waals surface area contributed by atoms with E-state index in [0.29, 0.717) is 34.3 Å². The van der Waals surface area contributed by atoms with Gasteiger partial charge in [-0.25, -0.2) is 4.68 Å². The van der Waals surface area contributed by atoms with Crippen LogP contribution in [0.15, 0.2) is 63.0 Å². The molecule has 3 heterocycles. The Morgan fingerprint density at radius 1 is 1.12 bits per heavy atom. The van der Waals surface area contributed by atoms with Crippen LogP contribution in [0.3, 0.4) is 0 Å². The molecule has 0 bridgehead atoms. The molecule has 0 saturated heterocycles. The third kappa shape index (κ3) is 3.98. The number of thioether (sulfide) groups is 1. The Balaban J connectivity index is 1.26. The third-order valence-electron chi connectivity index (χ3n) is 5.17. The normalized spacial score (nSPS) is 12.2. The molecule has 0 spiro atoms. The van der Waals surface area contributed by atoms with Crippen LogP contribution in [0.2, 0.25) is 0 Å². The molecule has 1 amide bonds. The number of carbonyl (C=O) groups is 1. The maximum atomic E-state index is 12.9. The smallest absolute Gasteiger partial charge is 0.295 e. The van der Waals surface area contributed by atoms with Crippen LogP contribution in [0.5, 0.6) is 11.5 Å². The van der Waals surface area contributed by atoms with Crippen LogP contribution in [-0.4, -0.2) is 38.0 Å². The molecular formula is C22H19N5O5S. The second-order valence-electron chi connectivity index (χ2n) is 7.21. The fourth-order valence-electron chi connectivity index (χ4n) is 3.43. The molecule has 0 unspecified atom stereocenters. The molecule has 0 fully saturated rings. The van der Waals surface area contributed by atoms with E-state index in [1.807, 2.05) is 30.3 Å². The number of benzene rings is 2. The number of ether oxygens (including phenoxy) is 2. The van der Waals surface area contributed by atoms with Crippen molar-refractivity contribution in [2.45, 2.75) is 12.1 Å². The van der Waals surface area contributed by atoms with E-state index in [2.05, 4.69) is 15.5 Å². The lowest BCUT2D eigenvalue weighted by Gasteiger charge is -2.07. The van der Waals surface area contributed by atoms with Gasteiger partial charge in [-0.3, -0.25) is 14.3 Å². The molecule has 168 valence electrons. The highest BCUT2D eigenvalue weighted by Gasteiger charge is 2.20. The van der Waals surface area contributed by atoms with Crippen molar-refractivity contribution in [3.05, 3.63) is 64.6 Å². The van der Waals surface area contributed by atoms with Crippen molar-refractivity contribution in [2.24, 2.45) is 7.05 Å². The van der Waals surface area contributed by atoms with Crippen molar-refractivity contribution < 1.29 is 18.7 Å². The number of nitrogens with one attached hydrogen (secondary N) is 1. The summed E-state index contributed by atoms with van der Waals surface area (Å²) in [6.45, 7) is 1.95. The zero-order chi connectivity index (χ0) is 22.9. The molecule has 0 atom stereocenters. The zero-order valence-electron chi connectivity index (χ0n) is 17.8. The first-order valence-electron chi connectivity index (χ1n) is 10.0. The van der Waals surface area contributed by atoms with E-state index in [-0.39, 0.29) is 34.9 Å². The molecule has 0 saturated carbocycles. The fourth-order valence-corrected chi connectivity index (χ4v) is 3.99. The Morgan fingerprint density at radius 2 is 1.91 bits per heavy atom. The molecule has 0 radical (unpaired) electrons. The van der Waals surface area contributed by atoms with Crippen LogP contribution < -0.4 is 20.3 Å². The van der Waals surface area contributed by atoms with Gasteiger partial charge in [-0.2, -0.15) is 0 Å². The van der Waals surface area contributed by atoms with Gasteiger partial charge in [0.05, 0.1) is 17.1 Å². The number of carbonyl (C=O) groups excluding carboxylic acids is 1. The van der Waals surface area contributed by atoms with Crippen LogP contribution in [0.25, 0.3) is 17.1 Å². The van der Waals surface area contributed by atoms with Gasteiger partial charge in [-0.15, -0.1) is 10.2 Å². The second-order valence-corrected chi connectivity index (χ2v) is 8.14. The number of aromatic nitrogens is 4. The van der Waals surface area contributed by atoms with Crippen LogP contribution in [0.1, 0.15) is 5.69 Å². The predicted molar refractivity (Wildman–Crippen MR) is 121 cm³/mol. The predicted octanol–water partition coefficient (Wildman–Crippen LogP) is 2.99. The van der Waals surface area contributed by atoms with E-state index in [1.165, 1.54) is 4.68 Å². The van der Waals surface area contributed by atoms with Crippen molar-refractivity contribution >= 4 is 23.4 Å². The summed E-state index contributed by atoms with van der Waals surface area (Å²) < 4.78 is 19.5. The van der Waals surface area contributed by atoms with E-state index in [9.17, 15) is 9.59 Å². The fraction of sp³-hybridized carbons (Fsp3) is 0.182. The van der Waals surface area contributed by atoms with Gasteiger partial charge in [0.2, 0.25) is 18.6 Å². The first-order valence-corrected chi connectivity index (χ1v) is 11.0. The summed E-state index contributed by atoms with van der Waals surface area (Å²) in [5.41, 5.74) is 1.97. The summed E-state index contributed by atoms with van der Waals surface area (Å²) in [7, 11) is 1.77. The van der Waals surface area contributed by atoms with Gasteiger partial charge >= 0.3 is 0 Å². The van der Waals surface area contributed by atoms with Crippen molar-refractivity contribution in [1.82, 2.24) is 19.6 Å². The van der Waals surface area contributed by atoms with Crippen LogP contribution in [0, 0.1) is 6.92 Å². The number of amides is 1. The summed E-state index contributed by atoms with van der Waals surface area (Å²) in [5.74, 6) is 1.22. The topological polar surface area (TPSA) is 113 Å². The molecule has 1 N–H and O–H groups in total. The molecular weight excluding hydrogens is 446 g/mol. The van der Waals surface area contributed by atoms with Gasteiger partial charge in [0.1, 0.15) is 5.69 Å². The Bertz CT molecular complexity index is 1390. The van der Waals surface area contributed by atoms with Crippen molar-refractivity contribution in [1.29, 1.82) is 0 Å². The van der Waals surface area contributed by atoms with Gasteiger partial charge in [0.25, 0.3) is 10.8 Å². The minimum Gasteiger partial charge on any atom is -0.454 e. The van der Waals surface area contributed by atoms with E-state index < -0.39 is 0 Å². The number of anilines is 1. The van der Waals surface area contributed by atoms with Gasteiger partial charge in [-0.1, -0.05) is 30.0 Å². The van der Waals surface area contributed by atoms with E-state index in [4.69, 9.17) is 13.9 Å². The van der Waals surface area contributed by atoms with Gasteiger partial charge in [0, 0.05) is 12.6 Å². The molecule has 33 heavy (non-hydrogen) atoms. The van der Waals surface area contributed by atoms with Crippen LogP contribution >= 0.6 is 11.8 Å². The van der Waals surface area contributed by atoms with Crippen LogP contribution in [-0.2, 0) is 11.8 Å². The molecule has 0 aliphatic carbocycles.